The maximum atomic E-state index is 12.7. The van der Waals surface area contributed by atoms with E-state index in [9.17, 15) is 14.4 Å². The van der Waals surface area contributed by atoms with Gasteiger partial charge < -0.3 is 25.4 Å². The minimum Gasteiger partial charge on any atom is -0.433 e. The van der Waals surface area contributed by atoms with Gasteiger partial charge in [0.1, 0.15) is 6.04 Å². The van der Waals surface area contributed by atoms with Crippen molar-refractivity contribution in [3.8, 4) is 0 Å². The van der Waals surface area contributed by atoms with Crippen molar-refractivity contribution in [2.24, 2.45) is 11.8 Å². The number of esters is 1. The van der Waals surface area contributed by atoms with E-state index in [4.69, 9.17) is 9.47 Å². The van der Waals surface area contributed by atoms with Crippen LogP contribution in [-0.4, -0.2) is 49.8 Å². The molecule has 1 aliphatic rings. The van der Waals surface area contributed by atoms with Gasteiger partial charge in [-0.2, -0.15) is 0 Å². The van der Waals surface area contributed by atoms with Gasteiger partial charge >= 0.3 is 5.97 Å². The Balaban J connectivity index is 1.79. The molecule has 1 aliphatic heterocycles. The summed E-state index contributed by atoms with van der Waals surface area (Å²) in [7, 11) is 0. The van der Waals surface area contributed by atoms with Crippen molar-refractivity contribution in [1.82, 2.24) is 10.6 Å². The Labute approximate surface area is 171 Å². The van der Waals surface area contributed by atoms with Crippen LogP contribution in [-0.2, 0) is 23.9 Å². The third-order valence-corrected chi connectivity index (χ3v) is 4.72. The molecule has 0 radical (unpaired) electrons. The molecular weight excluding hydrogens is 374 g/mol. The highest BCUT2D eigenvalue weighted by Gasteiger charge is 2.38. The second kappa shape index (κ2) is 11.4. The van der Waals surface area contributed by atoms with E-state index in [1.165, 1.54) is 0 Å². The van der Waals surface area contributed by atoms with Crippen LogP contribution in [0.4, 0.5) is 5.69 Å². The van der Waals surface area contributed by atoms with E-state index in [1.54, 1.807) is 6.92 Å². The summed E-state index contributed by atoms with van der Waals surface area (Å²) in [6.07, 6.45) is -0.629. The number of benzene rings is 1. The van der Waals surface area contributed by atoms with Gasteiger partial charge in [-0.15, -0.1) is 0 Å². The molecule has 3 N–H and O–H groups in total. The second-order valence-electron chi connectivity index (χ2n) is 7.33. The van der Waals surface area contributed by atoms with Crippen LogP contribution in [0.3, 0.4) is 0 Å². The van der Waals surface area contributed by atoms with Gasteiger partial charge in [0.25, 0.3) is 0 Å². The largest absolute Gasteiger partial charge is 0.433 e. The van der Waals surface area contributed by atoms with Crippen LogP contribution in [0.5, 0.6) is 0 Å². The molecule has 29 heavy (non-hydrogen) atoms. The Kier molecular flexibility index (Phi) is 8.92. The van der Waals surface area contributed by atoms with Gasteiger partial charge in [-0.05, 0) is 25.0 Å². The molecule has 2 amide bonds. The molecule has 0 aromatic heterocycles. The van der Waals surface area contributed by atoms with Gasteiger partial charge in [-0.25, -0.2) is 0 Å². The highest BCUT2D eigenvalue weighted by molar-refractivity contribution is 5.86. The van der Waals surface area contributed by atoms with Gasteiger partial charge in [0, 0.05) is 37.7 Å². The molecule has 0 saturated carbocycles. The number of para-hydroxylation sites is 1. The molecule has 0 bridgehead atoms. The molecule has 160 valence electrons. The van der Waals surface area contributed by atoms with Crippen molar-refractivity contribution < 1.29 is 23.9 Å². The van der Waals surface area contributed by atoms with E-state index in [-0.39, 0.29) is 30.6 Å². The van der Waals surface area contributed by atoms with E-state index in [1.807, 2.05) is 44.2 Å². The molecule has 0 aliphatic carbocycles. The molecular formula is C21H31N3O5. The first-order valence-corrected chi connectivity index (χ1v) is 10.1. The molecule has 1 heterocycles. The van der Waals surface area contributed by atoms with Gasteiger partial charge in [-0.1, -0.05) is 32.0 Å². The zero-order valence-corrected chi connectivity index (χ0v) is 17.3. The first-order valence-electron chi connectivity index (χ1n) is 10.1. The first-order chi connectivity index (χ1) is 13.9. The maximum absolute atomic E-state index is 12.7. The number of cyclic esters (lactones) is 1. The second-order valence-corrected chi connectivity index (χ2v) is 7.33. The van der Waals surface area contributed by atoms with Crippen molar-refractivity contribution in [2.45, 2.75) is 45.9 Å². The summed E-state index contributed by atoms with van der Waals surface area (Å²) in [4.78, 5) is 36.6. The zero-order chi connectivity index (χ0) is 21.2. The van der Waals surface area contributed by atoms with Crippen LogP contribution >= 0.6 is 0 Å². The lowest BCUT2D eigenvalue weighted by molar-refractivity contribution is -0.164. The number of rotatable bonds is 11. The van der Waals surface area contributed by atoms with Crippen LogP contribution in [0, 0.1) is 11.8 Å². The molecule has 3 atom stereocenters. The third kappa shape index (κ3) is 7.38. The topological polar surface area (TPSA) is 106 Å². The Morgan fingerprint density at radius 3 is 2.59 bits per heavy atom. The number of hydrogen-bond acceptors (Lipinski definition) is 6. The lowest BCUT2D eigenvalue weighted by atomic mass is 9.91. The van der Waals surface area contributed by atoms with Crippen LogP contribution in [0.15, 0.2) is 30.3 Å². The summed E-state index contributed by atoms with van der Waals surface area (Å²) < 4.78 is 10.4. The molecule has 0 spiro atoms. The quantitative estimate of drug-likeness (QED) is 0.382. The molecule has 1 saturated heterocycles. The van der Waals surface area contributed by atoms with E-state index in [0.717, 1.165) is 5.69 Å². The highest BCUT2D eigenvalue weighted by atomic mass is 16.7. The molecule has 1 aromatic carbocycles. The minimum atomic E-state index is -0.776. The fourth-order valence-corrected chi connectivity index (χ4v) is 3.13. The van der Waals surface area contributed by atoms with Crippen LogP contribution < -0.4 is 16.0 Å². The van der Waals surface area contributed by atoms with Crippen molar-refractivity contribution in [3.05, 3.63) is 30.3 Å². The standard InChI is InChI=1S/C21H31N3O5/c1-4-28-21-17(13-19(26)29-21)24-20(27)16(14(2)3)12-18(25)23-11-10-22-15-8-6-5-7-9-15/h5-9,14,16-17,21-22H,4,10-13H2,1-3H3,(H,23,25)(H,24,27). The SMILES string of the molecule is CCOC1OC(=O)CC1NC(=O)C(CC(=O)NCCNc1ccccc1)C(C)C. The van der Waals surface area contributed by atoms with Gasteiger partial charge in [0.2, 0.25) is 18.1 Å². The lowest BCUT2D eigenvalue weighted by Crippen LogP contribution is -2.46. The highest BCUT2D eigenvalue weighted by Crippen LogP contribution is 2.20. The molecule has 8 heteroatoms. The van der Waals surface area contributed by atoms with Crippen molar-refractivity contribution in [2.75, 3.05) is 25.0 Å². The molecule has 2 rings (SSSR count). The fourth-order valence-electron chi connectivity index (χ4n) is 3.13. The summed E-state index contributed by atoms with van der Waals surface area (Å²) in [5.74, 6) is -1.40. The Bertz CT molecular complexity index is 680. The van der Waals surface area contributed by atoms with Gasteiger partial charge in [-0.3, -0.25) is 14.4 Å². The van der Waals surface area contributed by atoms with Crippen LogP contribution in [0.25, 0.3) is 0 Å². The number of ether oxygens (including phenoxy) is 2. The number of carbonyl (C=O) groups excluding carboxylic acids is 3. The Hall–Kier alpha value is -2.61. The molecule has 1 fully saturated rings. The summed E-state index contributed by atoms with van der Waals surface area (Å²) in [6.45, 7) is 7.00. The Morgan fingerprint density at radius 2 is 1.93 bits per heavy atom. The van der Waals surface area contributed by atoms with E-state index in [0.29, 0.717) is 19.7 Å². The number of nitrogens with one attached hydrogen (secondary N) is 3. The average molecular weight is 405 g/mol. The molecule has 1 aromatic rings. The zero-order valence-electron chi connectivity index (χ0n) is 17.3. The number of carbonyl (C=O) groups is 3. The minimum absolute atomic E-state index is 0.0354. The number of hydrogen-bond donors (Lipinski definition) is 3. The van der Waals surface area contributed by atoms with Gasteiger partial charge in [0.15, 0.2) is 0 Å². The molecule has 8 nitrogen and oxygen atoms in total. The fraction of sp³-hybridized carbons (Fsp3) is 0.571. The summed E-state index contributed by atoms with van der Waals surface area (Å²) >= 11 is 0. The summed E-state index contributed by atoms with van der Waals surface area (Å²) in [5, 5.41) is 8.87. The average Bonchev–Trinajstić information content (AvgIpc) is 3.03. The summed E-state index contributed by atoms with van der Waals surface area (Å²) in [5.41, 5.74) is 0.985. The van der Waals surface area contributed by atoms with Crippen LogP contribution in [0.1, 0.15) is 33.6 Å². The van der Waals surface area contributed by atoms with Crippen LogP contribution in [0.2, 0.25) is 0 Å². The predicted molar refractivity (Wildman–Crippen MR) is 109 cm³/mol. The molecule has 3 unspecified atom stereocenters. The van der Waals surface area contributed by atoms with Crippen molar-refractivity contribution >= 4 is 23.5 Å². The number of anilines is 1. The van der Waals surface area contributed by atoms with Crippen molar-refractivity contribution in [1.29, 1.82) is 0 Å². The maximum Gasteiger partial charge on any atom is 0.310 e. The predicted octanol–water partition coefficient (Wildman–Crippen LogP) is 1.67. The van der Waals surface area contributed by atoms with Gasteiger partial charge in [0.05, 0.1) is 6.42 Å². The smallest absolute Gasteiger partial charge is 0.310 e. The summed E-state index contributed by atoms with van der Waals surface area (Å²) in [6, 6.07) is 9.18. The van der Waals surface area contributed by atoms with Crippen molar-refractivity contribution in [3.63, 3.8) is 0 Å². The third-order valence-electron chi connectivity index (χ3n) is 4.72. The monoisotopic (exact) mass is 405 g/mol. The van der Waals surface area contributed by atoms with E-state index in [2.05, 4.69) is 16.0 Å². The van der Waals surface area contributed by atoms with E-state index < -0.39 is 24.2 Å². The lowest BCUT2D eigenvalue weighted by Gasteiger charge is -2.24. The normalized spacial score (nSPS) is 19.5. The number of amides is 2. The first kappa shape index (κ1) is 22.7. The Morgan fingerprint density at radius 1 is 1.21 bits per heavy atom. The van der Waals surface area contributed by atoms with E-state index >= 15 is 0 Å².